The minimum atomic E-state index is 0.582. The molecule has 7 nitrogen and oxygen atoms in total. The molecule has 5 heterocycles. The SMILES string of the molecule is c1ccc(-c2nc(-c3ccccc3)nc(-c3cc(-c4ccc5c(c4)c4cccnc4c4ncccc54)cc(-c4cc5cccnc5c5ncccc45)c3)n2)cc1. The fourth-order valence-corrected chi connectivity index (χ4v) is 7.84. The van der Waals surface area contributed by atoms with E-state index < -0.39 is 0 Å². The molecular weight excluding hydrogens is 687 g/mol. The number of benzene rings is 6. The van der Waals surface area contributed by atoms with Gasteiger partial charge in [-0.05, 0) is 87.6 Å². The largest absolute Gasteiger partial charge is 0.254 e. The summed E-state index contributed by atoms with van der Waals surface area (Å²) in [6, 6.07) is 52.1. The fourth-order valence-electron chi connectivity index (χ4n) is 7.84. The highest BCUT2D eigenvalue weighted by atomic mass is 15.0. The number of aromatic nitrogens is 7. The van der Waals surface area contributed by atoms with Crippen molar-refractivity contribution >= 4 is 54.4 Å². The van der Waals surface area contributed by atoms with Gasteiger partial charge in [-0.3, -0.25) is 19.9 Å². The number of rotatable bonds is 5. The van der Waals surface area contributed by atoms with E-state index in [0.717, 1.165) is 93.3 Å². The van der Waals surface area contributed by atoms with Gasteiger partial charge < -0.3 is 0 Å². The lowest BCUT2D eigenvalue weighted by atomic mass is 9.91. The van der Waals surface area contributed by atoms with Crippen LogP contribution in [0, 0.1) is 0 Å². The molecule has 0 unspecified atom stereocenters. The Kier molecular flexibility index (Phi) is 7.35. The van der Waals surface area contributed by atoms with E-state index >= 15 is 0 Å². The standard InChI is InChI=1S/C49H29N7/c1-3-11-30(12-4-1)47-54-48(31-13-5-2-6-14-31)56-49(55-47)36-26-34(25-35(27-36)41-29-33-15-7-21-50-43(33)44-39(41)17-9-22-51-44)32-19-20-37-38-16-8-23-52-45(38)46-40(42(37)28-32)18-10-24-53-46/h1-29H. The van der Waals surface area contributed by atoms with Gasteiger partial charge in [0.05, 0.1) is 22.1 Å². The van der Waals surface area contributed by atoms with Gasteiger partial charge in [0, 0.05) is 63.0 Å². The zero-order chi connectivity index (χ0) is 37.0. The van der Waals surface area contributed by atoms with Gasteiger partial charge in [0.15, 0.2) is 17.5 Å². The lowest BCUT2D eigenvalue weighted by molar-refractivity contribution is 1.07. The summed E-state index contributed by atoms with van der Waals surface area (Å²) in [6.45, 7) is 0. The van der Waals surface area contributed by atoms with Crippen LogP contribution in [0.4, 0.5) is 0 Å². The monoisotopic (exact) mass is 715 g/mol. The van der Waals surface area contributed by atoms with Crippen molar-refractivity contribution < 1.29 is 0 Å². The van der Waals surface area contributed by atoms with Crippen LogP contribution in [0.25, 0.3) is 111 Å². The first-order valence-electron chi connectivity index (χ1n) is 18.5. The zero-order valence-electron chi connectivity index (χ0n) is 29.9. The van der Waals surface area contributed by atoms with Crippen molar-refractivity contribution in [3.8, 4) is 56.4 Å². The molecule has 56 heavy (non-hydrogen) atoms. The van der Waals surface area contributed by atoms with Gasteiger partial charge >= 0.3 is 0 Å². The summed E-state index contributed by atoms with van der Waals surface area (Å²) in [5.74, 6) is 1.80. The number of pyridine rings is 4. The molecule has 260 valence electrons. The minimum absolute atomic E-state index is 0.582. The molecule has 0 saturated heterocycles. The van der Waals surface area contributed by atoms with E-state index in [1.807, 2.05) is 110 Å². The smallest absolute Gasteiger partial charge is 0.164 e. The summed E-state index contributed by atoms with van der Waals surface area (Å²) >= 11 is 0. The van der Waals surface area contributed by atoms with Gasteiger partial charge in [0.2, 0.25) is 0 Å². The summed E-state index contributed by atoms with van der Waals surface area (Å²) in [7, 11) is 0. The molecule has 0 radical (unpaired) electrons. The van der Waals surface area contributed by atoms with Crippen molar-refractivity contribution in [1.29, 1.82) is 0 Å². The van der Waals surface area contributed by atoms with Crippen molar-refractivity contribution in [3.63, 3.8) is 0 Å². The van der Waals surface area contributed by atoms with Crippen LogP contribution in [0.1, 0.15) is 0 Å². The third-order valence-electron chi connectivity index (χ3n) is 10.4. The van der Waals surface area contributed by atoms with E-state index in [2.05, 4.69) is 66.7 Å². The van der Waals surface area contributed by atoms with E-state index in [1.54, 1.807) is 0 Å². The molecule has 0 aliphatic carbocycles. The summed E-state index contributed by atoms with van der Waals surface area (Å²) in [5, 5.41) is 6.41. The summed E-state index contributed by atoms with van der Waals surface area (Å²) in [4.78, 5) is 34.4. The fraction of sp³-hybridized carbons (Fsp3) is 0. The molecule has 0 bridgehead atoms. The average molecular weight is 716 g/mol. The van der Waals surface area contributed by atoms with Crippen molar-refractivity contribution in [3.05, 3.63) is 176 Å². The van der Waals surface area contributed by atoms with Crippen molar-refractivity contribution in [2.24, 2.45) is 0 Å². The lowest BCUT2D eigenvalue weighted by Gasteiger charge is -2.15. The minimum Gasteiger partial charge on any atom is -0.254 e. The predicted octanol–water partition coefficient (Wildman–Crippen LogP) is 11.6. The van der Waals surface area contributed by atoms with E-state index in [4.69, 9.17) is 34.9 Å². The molecule has 0 aliphatic rings. The second kappa shape index (κ2) is 13.0. The van der Waals surface area contributed by atoms with Crippen molar-refractivity contribution in [1.82, 2.24) is 34.9 Å². The average Bonchev–Trinajstić information content (AvgIpc) is 3.29. The first kappa shape index (κ1) is 31.7. The van der Waals surface area contributed by atoms with Gasteiger partial charge in [0.1, 0.15) is 0 Å². The second-order valence-corrected chi connectivity index (χ2v) is 13.8. The van der Waals surface area contributed by atoms with E-state index in [0.29, 0.717) is 17.5 Å². The van der Waals surface area contributed by atoms with Crippen LogP contribution < -0.4 is 0 Å². The number of hydrogen-bond acceptors (Lipinski definition) is 7. The number of nitrogens with zero attached hydrogens (tertiary/aromatic N) is 7. The first-order valence-corrected chi connectivity index (χ1v) is 18.5. The zero-order valence-corrected chi connectivity index (χ0v) is 29.9. The summed E-state index contributed by atoms with van der Waals surface area (Å²) < 4.78 is 0. The maximum Gasteiger partial charge on any atom is 0.164 e. The Morgan fingerprint density at radius 3 is 1.41 bits per heavy atom. The van der Waals surface area contributed by atoms with E-state index in [-0.39, 0.29) is 0 Å². The molecule has 0 aliphatic heterocycles. The molecule has 0 fully saturated rings. The van der Waals surface area contributed by atoms with Gasteiger partial charge in [-0.15, -0.1) is 0 Å². The van der Waals surface area contributed by atoms with E-state index in [1.165, 1.54) is 0 Å². The Labute approximate surface area is 321 Å². The quantitative estimate of drug-likeness (QED) is 0.164. The highest BCUT2D eigenvalue weighted by Crippen LogP contribution is 2.40. The summed E-state index contributed by atoms with van der Waals surface area (Å²) in [6.07, 6.45) is 7.32. The lowest BCUT2D eigenvalue weighted by Crippen LogP contribution is -2.00. The molecule has 0 atom stereocenters. The molecule has 6 aromatic carbocycles. The highest BCUT2D eigenvalue weighted by Gasteiger charge is 2.18. The summed E-state index contributed by atoms with van der Waals surface area (Å²) in [5.41, 5.74) is 10.4. The van der Waals surface area contributed by atoms with Crippen molar-refractivity contribution in [2.45, 2.75) is 0 Å². The van der Waals surface area contributed by atoms with Crippen LogP contribution in [0.2, 0.25) is 0 Å². The van der Waals surface area contributed by atoms with Gasteiger partial charge in [-0.1, -0.05) is 97.1 Å². The van der Waals surface area contributed by atoms with Crippen LogP contribution >= 0.6 is 0 Å². The third-order valence-corrected chi connectivity index (χ3v) is 10.4. The predicted molar refractivity (Wildman–Crippen MR) is 226 cm³/mol. The van der Waals surface area contributed by atoms with E-state index in [9.17, 15) is 0 Å². The molecule has 0 spiro atoms. The first-order chi connectivity index (χ1) is 27.7. The molecule has 0 saturated carbocycles. The van der Waals surface area contributed by atoms with Crippen LogP contribution in [0.3, 0.4) is 0 Å². The van der Waals surface area contributed by atoms with Crippen molar-refractivity contribution in [2.75, 3.05) is 0 Å². The topological polar surface area (TPSA) is 90.2 Å². The van der Waals surface area contributed by atoms with Gasteiger partial charge in [-0.25, -0.2) is 15.0 Å². The molecule has 5 aromatic heterocycles. The maximum atomic E-state index is 5.15. The Hall–Kier alpha value is -7.77. The molecule has 0 amide bonds. The maximum absolute atomic E-state index is 5.15. The molecule has 11 aromatic rings. The second-order valence-electron chi connectivity index (χ2n) is 13.8. The van der Waals surface area contributed by atoms with Crippen LogP contribution in [-0.2, 0) is 0 Å². The number of hydrogen-bond donors (Lipinski definition) is 0. The normalized spacial score (nSPS) is 11.6. The Balaban J connectivity index is 1.20. The molecule has 11 rings (SSSR count). The Morgan fingerprint density at radius 2 is 0.768 bits per heavy atom. The molecular formula is C49H29N7. The third kappa shape index (κ3) is 5.33. The Morgan fingerprint density at radius 1 is 0.268 bits per heavy atom. The van der Waals surface area contributed by atoms with Gasteiger partial charge in [0.25, 0.3) is 0 Å². The van der Waals surface area contributed by atoms with Crippen LogP contribution in [-0.4, -0.2) is 34.9 Å². The molecule has 0 N–H and O–H groups in total. The number of fused-ring (bicyclic) bond motifs is 9. The van der Waals surface area contributed by atoms with Crippen LogP contribution in [0.15, 0.2) is 176 Å². The highest BCUT2D eigenvalue weighted by molar-refractivity contribution is 6.23. The van der Waals surface area contributed by atoms with Crippen LogP contribution in [0.5, 0.6) is 0 Å². The Bertz CT molecular complexity index is 3220. The molecule has 7 heteroatoms. The van der Waals surface area contributed by atoms with Gasteiger partial charge in [-0.2, -0.15) is 0 Å².